The van der Waals surface area contributed by atoms with Gasteiger partial charge in [0, 0.05) is 29.0 Å². The molecule has 0 spiro atoms. The lowest BCUT2D eigenvalue weighted by molar-refractivity contribution is 0.0980. The Hall–Kier alpha value is -2.62. The Labute approximate surface area is 123 Å². The number of carbonyl (C=O) groups is 2. The van der Waals surface area contributed by atoms with Gasteiger partial charge in [0.05, 0.1) is 11.1 Å². The van der Waals surface area contributed by atoms with Gasteiger partial charge in [-0.05, 0) is 18.6 Å². The highest BCUT2D eigenvalue weighted by atomic mass is 16.1. The highest BCUT2D eigenvalue weighted by Crippen LogP contribution is 2.35. The summed E-state index contributed by atoms with van der Waals surface area (Å²) in [6, 6.07) is 10.3. The zero-order valence-electron chi connectivity index (χ0n) is 11.8. The molecule has 2 aromatic rings. The number of nitrogens with one attached hydrogen (secondary N) is 1. The molecule has 1 aliphatic rings. The Bertz CT molecular complexity index is 750. The predicted octanol–water partition coefficient (Wildman–Crippen LogP) is 2.87. The van der Waals surface area contributed by atoms with Gasteiger partial charge in [-0.3, -0.25) is 9.59 Å². The van der Waals surface area contributed by atoms with E-state index in [1.807, 2.05) is 6.92 Å². The first-order chi connectivity index (χ1) is 10.1. The second kappa shape index (κ2) is 5.05. The van der Waals surface area contributed by atoms with Crippen molar-refractivity contribution in [3.63, 3.8) is 0 Å². The molecule has 0 unspecified atom stereocenters. The van der Waals surface area contributed by atoms with Crippen molar-refractivity contribution in [3.05, 3.63) is 58.7 Å². The van der Waals surface area contributed by atoms with Crippen molar-refractivity contribution in [2.75, 3.05) is 17.6 Å². The van der Waals surface area contributed by atoms with Crippen LogP contribution in [0.15, 0.2) is 36.4 Å². The quantitative estimate of drug-likeness (QED) is 0.724. The number of anilines is 2. The van der Waals surface area contributed by atoms with Crippen molar-refractivity contribution in [1.82, 2.24) is 0 Å². The van der Waals surface area contributed by atoms with Crippen LogP contribution in [0.1, 0.15) is 45.2 Å². The van der Waals surface area contributed by atoms with E-state index < -0.39 is 0 Å². The Morgan fingerprint density at radius 3 is 2.19 bits per heavy atom. The molecular weight excluding hydrogens is 264 g/mol. The van der Waals surface area contributed by atoms with Gasteiger partial charge in [-0.25, -0.2) is 0 Å². The average molecular weight is 280 g/mol. The number of nitrogens with two attached hydrogens (primary N) is 1. The van der Waals surface area contributed by atoms with Crippen molar-refractivity contribution in [3.8, 4) is 0 Å². The van der Waals surface area contributed by atoms with Crippen LogP contribution in [-0.2, 0) is 0 Å². The summed E-state index contributed by atoms with van der Waals surface area (Å²) in [7, 11) is 0. The average Bonchev–Trinajstić information content (AvgIpc) is 2.51. The van der Waals surface area contributed by atoms with E-state index in [9.17, 15) is 9.59 Å². The van der Waals surface area contributed by atoms with E-state index in [0.29, 0.717) is 33.6 Å². The Morgan fingerprint density at radius 1 is 0.952 bits per heavy atom. The van der Waals surface area contributed by atoms with Crippen molar-refractivity contribution in [2.24, 2.45) is 0 Å². The van der Waals surface area contributed by atoms with Gasteiger partial charge in [-0.2, -0.15) is 0 Å². The fraction of sp³-hybridized carbons (Fsp3) is 0.176. The summed E-state index contributed by atoms with van der Waals surface area (Å²) >= 11 is 0. The first-order valence-electron chi connectivity index (χ1n) is 7.00. The Kier molecular flexibility index (Phi) is 3.22. The molecule has 0 atom stereocenters. The lowest BCUT2D eigenvalue weighted by Crippen LogP contribution is -2.24. The molecule has 3 N–H and O–H groups in total. The van der Waals surface area contributed by atoms with Gasteiger partial charge in [0.1, 0.15) is 0 Å². The number of hydrogen-bond acceptors (Lipinski definition) is 4. The Balaban J connectivity index is 2.24. The number of nitrogen functional groups attached to an aromatic ring is 1. The van der Waals surface area contributed by atoms with E-state index in [2.05, 4.69) is 5.32 Å². The Morgan fingerprint density at radius 2 is 1.57 bits per heavy atom. The smallest absolute Gasteiger partial charge is 0.196 e. The van der Waals surface area contributed by atoms with Crippen LogP contribution in [0.5, 0.6) is 0 Å². The number of hydrogen-bond donors (Lipinski definition) is 2. The molecule has 21 heavy (non-hydrogen) atoms. The van der Waals surface area contributed by atoms with E-state index in [1.54, 1.807) is 36.4 Å². The molecule has 4 nitrogen and oxygen atoms in total. The van der Waals surface area contributed by atoms with Gasteiger partial charge >= 0.3 is 0 Å². The third kappa shape index (κ3) is 2.00. The number of benzene rings is 2. The minimum atomic E-state index is -0.183. The number of fused-ring (bicyclic) bond motifs is 2. The fourth-order valence-electron chi connectivity index (χ4n) is 2.65. The van der Waals surface area contributed by atoms with Gasteiger partial charge in [0.15, 0.2) is 11.6 Å². The van der Waals surface area contributed by atoms with Crippen molar-refractivity contribution < 1.29 is 9.59 Å². The summed E-state index contributed by atoms with van der Waals surface area (Å²) in [5.74, 6) is -0.330. The molecule has 3 rings (SSSR count). The molecule has 0 aromatic heterocycles. The maximum Gasteiger partial charge on any atom is 0.196 e. The first kappa shape index (κ1) is 13.4. The standard InChI is InChI=1S/C17H16N2O2/c1-2-9-19-13-8-7-12(18)14-15(13)17(21)11-6-4-3-5-10(11)16(14)20/h3-8,19H,2,9,18H2,1H3. The SMILES string of the molecule is CCCNc1ccc(N)c2c1C(=O)c1ccccc1C2=O. The van der Waals surface area contributed by atoms with Crippen LogP contribution < -0.4 is 11.1 Å². The van der Waals surface area contributed by atoms with Crippen LogP contribution in [0.2, 0.25) is 0 Å². The van der Waals surface area contributed by atoms with Crippen LogP contribution in [0.25, 0.3) is 0 Å². The minimum absolute atomic E-state index is 0.147. The molecule has 0 aliphatic heterocycles. The summed E-state index contributed by atoms with van der Waals surface area (Å²) in [4.78, 5) is 25.4. The summed E-state index contributed by atoms with van der Waals surface area (Å²) in [5, 5.41) is 3.20. The van der Waals surface area contributed by atoms with Gasteiger partial charge in [0.25, 0.3) is 0 Å². The molecule has 0 amide bonds. The predicted molar refractivity (Wildman–Crippen MR) is 82.9 cm³/mol. The molecule has 2 aromatic carbocycles. The molecule has 0 fully saturated rings. The number of carbonyl (C=O) groups excluding carboxylic acids is 2. The van der Waals surface area contributed by atoms with Gasteiger partial charge in [-0.15, -0.1) is 0 Å². The highest BCUT2D eigenvalue weighted by Gasteiger charge is 2.33. The van der Waals surface area contributed by atoms with E-state index >= 15 is 0 Å². The molecule has 0 saturated heterocycles. The lowest BCUT2D eigenvalue weighted by Gasteiger charge is -2.22. The van der Waals surface area contributed by atoms with Crippen LogP contribution in [0, 0.1) is 0 Å². The third-order valence-corrected chi connectivity index (χ3v) is 3.67. The van der Waals surface area contributed by atoms with Gasteiger partial charge in [-0.1, -0.05) is 31.2 Å². The first-order valence-corrected chi connectivity index (χ1v) is 7.00. The maximum atomic E-state index is 12.7. The summed E-state index contributed by atoms with van der Waals surface area (Å²) in [6.07, 6.45) is 0.928. The van der Waals surface area contributed by atoms with Crippen LogP contribution >= 0.6 is 0 Å². The summed E-state index contributed by atoms with van der Waals surface area (Å²) < 4.78 is 0. The second-order valence-electron chi connectivity index (χ2n) is 5.08. The molecule has 1 aliphatic carbocycles. The molecule has 0 heterocycles. The van der Waals surface area contributed by atoms with Crippen LogP contribution in [-0.4, -0.2) is 18.1 Å². The zero-order chi connectivity index (χ0) is 15.0. The van der Waals surface area contributed by atoms with E-state index in [1.165, 1.54) is 0 Å². The van der Waals surface area contributed by atoms with Crippen molar-refractivity contribution in [1.29, 1.82) is 0 Å². The summed E-state index contributed by atoms with van der Waals surface area (Å²) in [6.45, 7) is 2.78. The van der Waals surface area contributed by atoms with Crippen LogP contribution in [0.4, 0.5) is 11.4 Å². The largest absolute Gasteiger partial charge is 0.398 e. The minimum Gasteiger partial charge on any atom is -0.398 e. The summed E-state index contributed by atoms with van der Waals surface area (Å²) in [5.41, 5.74) is 8.55. The fourth-order valence-corrected chi connectivity index (χ4v) is 2.65. The van der Waals surface area contributed by atoms with E-state index in [4.69, 9.17) is 5.73 Å². The number of rotatable bonds is 3. The normalized spacial score (nSPS) is 12.8. The van der Waals surface area contributed by atoms with Crippen molar-refractivity contribution in [2.45, 2.75) is 13.3 Å². The van der Waals surface area contributed by atoms with Crippen LogP contribution in [0.3, 0.4) is 0 Å². The monoisotopic (exact) mass is 280 g/mol. The second-order valence-corrected chi connectivity index (χ2v) is 5.08. The topological polar surface area (TPSA) is 72.2 Å². The third-order valence-electron chi connectivity index (χ3n) is 3.67. The zero-order valence-corrected chi connectivity index (χ0v) is 11.8. The molecule has 4 heteroatoms. The lowest BCUT2D eigenvalue weighted by atomic mass is 9.82. The highest BCUT2D eigenvalue weighted by molar-refractivity contribution is 6.31. The maximum absolute atomic E-state index is 12.7. The van der Waals surface area contributed by atoms with E-state index in [-0.39, 0.29) is 11.6 Å². The molecular formula is C17H16N2O2. The van der Waals surface area contributed by atoms with Crippen molar-refractivity contribution >= 4 is 22.9 Å². The van der Waals surface area contributed by atoms with Gasteiger partial charge in [0.2, 0.25) is 0 Å². The van der Waals surface area contributed by atoms with E-state index in [0.717, 1.165) is 13.0 Å². The van der Waals surface area contributed by atoms with Gasteiger partial charge < -0.3 is 11.1 Å². The molecule has 0 bridgehead atoms. The molecule has 0 saturated carbocycles. The number of ketones is 2. The molecule has 0 radical (unpaired) electrons. The molecule has 106 valence electrons.